The number of hydrogen-bond donors (Lipinski definition) is 4. The molecule has 0 unspecified atom stereocenters. The number of amides is 2. The van der Waals surface area contributed by atoms with Crippen molar-refractivity contribution in [3.05, 3.63) is 30.5 Å². The Labute approximate surface area is 197 Å². The number of nitrogens with zero attached hydrogens (tertiary/aromatic N) is 5. The Morgan fingerprint density at radius 1 is 0.971 bits per heavy atom. The van der Waals surface area contributed by atoms with Crippen LogP contribution in [-0.4, -0.2) is 42.0 Å². The van der Waals surface area contributed by atoms with Crippen molar-refractivity contribution in [1.82, 2.24) is 30.4 Å². The van der Waals surface area contributed by atoms with E-state index in [1.165, 1.54) is 12.8 Å². The van der Waals surface area contributed by atoms with Crippen LogP contribution in [0.4, 0.5) is 17.3 Å². The largest absolute Gasteiger partial charge is 0.326 e. The van der Waals surface area contributed by atoms with Crippen molar-refractivity contribution in [2.75, 3.05) is 10.6 Å². The molecule has 1 saturated carbocycles. The van der Waals surface area contributed by atoms with Crippen molar-refractivity contribution in [1.29, 1.82) is 0 Å². The first kappa shape index (κ1) is 23.6. The second-order valence-electron chi connectivity index (χ2n) is 8.57. The summed E-state index contributed by atoms with van der Waals surface area (Å²) in [6.45, 7) is 0. The summed E-state index contributed by atoms with van der Waals surface area (Å²) in [6.07, 6.45) is 10.1. The maximum absolute atomic E-state index is 12.2. The fourth-order valence-corrected chi connectivity index (χ4v) is 4.17. The zero-order valence-corrected chi connectivity index (χ0v) is 19.0. The van der Waals surface area contributed by atoms with Crippen molar-refractivity contribution in [3.63, 3.8) is 0 Å². The van der Waals surface area contributed by atoms with Gasteiger partial charge in [-0.3, -0.25) is 14.8 Å². The van der Waals surface area contributed by atoms with Crippen molar-refractivity contribution >= 4 is 40.3 Å². The van der Waals surface area contributed by atoms with Gasteiger partial charge in [0.1, 0.15) is 0 Å². The molecule has 1 aliphatic carbocycles. The molecule has 34 heavy (non-hydrogen) atoms. The Morgan fingerprint density at radius 3 is 2.35 bits per heavy atom. The lowest BCUT2D eigenvalue weighted by molar-refractivity contribution is -0.129. The number of rotatable bonds is 11. The Kier molecular flexibility index (Phi) is 7.97. The topological polar surface area (TPSA) is 147 Å². The zero-order chi connectivity index (χ0) is 23.8. The molecule has 0 bridgehead atoms. The van der Waals surface area contributed by atoms with Gasteiger partial charge in [-0.05, 0) is 49.9 Å². The molecule has 0 atom stereocenters. The summed E-state index contributed by atoms with van der Waals surface area (Å²) in [5, 5.41) is 23.0. The number of hydrogen-bond acceptors (Lipinski definition) is 8. The summed E-state index contributed by atoms with van der Waals surface area (Å²) in [7, 11) is 0. The SMILES string of the molecule is O=C(CCCCCCC(=O)Nc1ccc(Nc2ncc3nnn(C4CCCC4)c3n2)cc1)NO. The van der Waals surface area contributed by atoms with Crippen molar-refractivity contribution in [2.45, 2.75) is 70.3 Å². The highest BCUT2D eigenvalue weighted by atomic mass is 16.5. The number of anilines is 3. The van der Waals surface area contributed by atoms with Crippen LogP contribution in [0.25, 0.3) is 11.2 Å². The quantitative estimate of drug-likeness (QED) is 0.189. The molecule has 4 N–H and O–H groups in total. The Balaban J connectivity index is 1.25. The summed E-state index contributed by atoms with van der Waals surface area (Å²) < 4.78 is 1.92. The third kappa shape index (κ3) is 6.25. The molecule has 1 fully saturated rings. The molecule has 1 aromatic carbocycles. The average Bonchev–Trinajstić information content (AvgIpc) is 3.52. The minimum absolute atomic E-state index is 0.0460. The van der Waals surface area contributed by atoms with Gasteiger partial charge in [-0.1, -0.05) is 30.9 Å². The van der Waals surface area contributed by atoms with E-state index in [1.54, 1.807) is 11.7 Å². The van der Waals surface area contributed by atoms with Crippen LogP contribution in [0.3, 0.4) is 0 Å². The minimum atomic E-state index is -0.379. The van der Waals surface area contributed by atoms with Crippen molar-refractivity contribution in [3.8, 4) is 0 Å². The monoisotopic (exact) mass is 466 g/mol. The molecule has 4 rings (SSSR count). The van der Waals surface area contributed by atoms with Crippen LogP contribution in [0.15, 0.2) is 30.5 Å². The van der Waals surface area contributed by atoms with E-state index < -0.39 is 0 Å². The molecule has 1 aliphatic rings. The number of unbranched alkanes of at least 4 members (excludes halogenated alkanes) is 3. The standard InChI is InChI=1S/C23H30N8O3/c32-20(9-3-1-2-4-10-21(33)29-34)25-16-11-13-17(14-12-16)26-23-24-15-19-22(27-23)31(30-28-19)18-7-5-6-8-18/h11-15,18,34H,1-10H2,(H,25,32)(H,29,33)(H,24,26,27). The van der Waals surface area contributed by atoms with Crippen LogP contribution in [-0.2, 0) is 9.59 Å². The summed E-state index contributed by atoms with van der Waals surface area (Å²) in [5.41, 5.74) is 4.57. The molecular weight excluding hydrogens is 436 g/mol. The normalized spacial score (nSPS) is 13.8. The number of fused-ring (bicyclic) bond motifs is 1. The average molecular weight is 467 g/mol. The number of hydroxylamine groups is 1. The van der Waals surface area contributed by atoms with Crippen LogP contribution in [0.1, 0.15) is 70.3 Å². The highest BCUT2D eigenvalue weighted by Crippen LogP contribution is 2.30. The van der Waals surface area contributed by atoms with E-state index in [4.69, 9.17) is 5.21 Å². The predicted octanol–water partition coefficient (Wildman–Crippen LogP) is 3.86. The molecule has 11 nitrogen and oxygen atoms in total. The van der Waals surface area contributed by atoms with Gasteiger partial charge in [0, 0.05) is 24.2 Å². The molecule has 0 aliphatic heterocycles. The van der Waals surface area contributed by atoms with Crippen LogP contribution >= 0.6 is 0 Å². The fraction of sp³-hybridized carbons (Fsp3) is 0.478. The molecule has 3 aromatic rings. The summed E-state index contributed by atoms with van der Waals surface area (Å²) in [5.74, 6) is 0.0491. The number of carbonyl (C=O) groups excluding carboxylic acids is 2. The Morgan fingerprint density at radius 2 is 1.65 bits per heavy atom. The van der Waals surface area contributed by atoms with Crippen LogP contribution in [0, 0.1) is 0 Å². The van der Waals surface area contributed by atoms with Gasteiger partial charge < -0.3 is 10.6 Å². The lowest BCUT2D eigenvalue weighted by Crippen LogP contribution is -2.17. The number of carbonyl (C=O) groups is 2. The van der Waals surface area contributed by atoms with E-state index in [0.29, 0.717) is 36.8 Å². The Hall–Kier alpha value is -3.60. The molecule has 0 saturated heterocycles. The second-order valence-corrected chi connectivity index (χ2v) is 8.57. The van der Waals surface area contributed by atoms with E-state index >= 15 is 0 Å². The lowest BCUT2D eigenvalue weighted by Gasteiger charge is -2.10. The third-order valence-corrected chi connectivity index (χ3v) is 5.99. The molecule has 2 aromatic heterocycles. The molecule has 180 valence electrons. The zero-order valence-electron chi connectivity index (χ0n) is 19.0. The van der Waals surface area contributed by atoms with Gasteiger partial charge in [-0.2, -0.15) is 4.98 Å². The van der Waals surface area contributed by atoms with Crippen LogP contribution in [0.5, 0.6) is 0 Å². The van der Waals surface area contributed by atoms with E-state index in [2.05, 4.69) is 30.9 Å². The smallest absolute Gasteiger partial charge is 0.243 e. The van der Waals surface area contributed by atoms with Gasteiger partial charge in [-0.25, -0.2) is 15.1 Å². The van der Waals surface area contributed by atoms with Gasteiger partial charge in [0.2, 0.25) is 17.8 Å². The maximum Gasteiger partial charge on any atom is 0.243 e. The first-order chi connectivity index (χ1) is 16.6. The highest BCUT2D eigenvalue weighted by Gasteiger charge is 2.21. The van der Waals surface area contributed by atoms with Gasteiger partial charge in [0.05, 0.1) is 12.2 Å². The first-order valence-corrected chi connectivity index (χ1v) is 11.8. The second kappa shape index (κ2) is 11.5. The van der Waals surface area contributed by atoms with Crippen molar-refractivity contribution < 1.29 is 14.8 Å². The summed E-state index contributed by atoms with van der Waals surface area (Å²) in [4.78, 5) is 32.1. The summed E-state index contributed by atoms with van der Waals surface area (Å²) >= 11 is 0. The number of benzene rings is 1. The first-order valence-electron chi connectivity index (χ1n) is 11.8. The van der Waals surface area contributed by atoms with Crippen molar-refractivity contribution in [2.24, 2.45) is 0 Å². The fourth-order valence-electron chi connectivity index (χ4n) is 4.17. The molecular formula is C23H30N8O3. The van der Waals surface area contributed by atoms with E-state index in [9.17, 15) is 9.59 Å². The number of aromatic nitrogens is 5. The number of nitrogens with one attached hydrogen (secondary N) is 3. The molecule has 0 spiro atoms. The van der Waals surface area contributed by atoms with E-state index in [1.807, 2.05) is 28.9 Å². The maximum atomic E-state index is 12.2. The van der Waals surface area contributed by atoms with Gasteiger partial charge in [-0.15, -0.1) is 5.10 Å². The molecule has 2 heterocycles. The van der Waals surface area contributed by atoms with Gasteiger partial charge in [0.15, 0.2) is 11.2 Å². The third-order valence-electron chi connectivity index (χ3n) is 5.99. The predicted molar refractivity (Wildman–Crippen MR) is 127 cm³/mol. The van der Waals surface area contributed by atoms with E-state index in [0.717, 1.165) is 49.1 Å². The summed E-state index contributed by atoms with van der Waals surface area (Å²) in [6, 6.07) is 7.74. The van der Waals surface area contributed by atoms with Gasteiger partial charge in [0.25, 0.3) is 0 Å². The van der Waals surface area contributed by atoms with Crippen LogP contribution < -0.4 is 16.1 Å². The molecule has 11 heteroatoms. The van der Waals surface area contributed by atoms with Gasteiger partial charge >= 0.3 is 0 Å². The Bertz CT molecular complexity index is 1110. The molecule has 0 radical (unpaired) electrons. The minimum Gasteiger partial charge on any atom is -0.326 e. The lowest BCUT2D eigenvalue weighted by atomic mass is 10.1. The highest BCUT2D eigenvalue weighted by molar-refractivity contribution is 5.90. The van der Waals surface area contributed by atoms with Crippen LogP contribution in [0.2, 0.25) is 0 Å². The molecule has 2 amide bonds. The van der Waals surface area contributed by atoms with E-state index in [-0.39, 0.29) is 11.8 Å².